The number of imidazole rings is 1. The van der Waals surface area contributed by atoms with E-state index in [-0.39, 0.29) is 11.6 Å². The number of aromatic nitrogens is 2. The molecule has 1 heterocycles. The van der Waals surface area contributed by atoms with E-state index >= 15 is 0 Å². The summed E-state index contributed by atoms with van der Waals surface area (Å²) in [5.74, 6) is 0.218. The van der Waals surface area contributed by atoms with E-state index in [2.05, 4.69) is 65.5 Å². The van der Waals surface area contributed by atoms with Gasteiger partial charge in [0.1, 0.15) is 5.75 Å². The quantitative estimate of drug-likeness (QED) is 0.316. The summed E-state index contributed by atoms with van der Waals surface area (Å²) in [6.45, 7) is 3.97. The van der Waals surface area contributed by atoms with E-state index in [1.54, 1.807) is 19.1 Å². The van der Waals surface area contributed by atoms with Crippen LogP contribution in [0.1, 0.15) is 34.3 Å². The van der Waals surface area contributed by atoms with Crippen LogP contribution in [0.5, 0.6) is 11.8 Å². The maximum atomic E-state index is 11.4. The van der Waals surface area contributed by atoms with Crippen molar-refractivity contribution >= 4 is 28.6 Å². The summed E-state index contributed by atoms with van der Waals surface area (Å²) >= 11 is 6.62. The molecule has 170 valence electrons. The molecular weight excluding hydrogens is 448 g/mol. The highest BCUT2D eigenvalue weighted by molar-refractivity contribution is 6.34. The van der Waals surface area contributed by atoms with Gasteiger partial charge in [0.05, 0.1) is 21.6 Å². The lowest BCUT2D eigenvalue weighted by Crippen LogP contribution is -2.07. The molecule has 6 heteroatoms. The molecule has 0 fully saturated rings. The number of aromatic amines is 1. The SMILES string of the molecule is Cc1ccc(Oc2nc3cc(-c4ccc(C5C=CC=CC5C)cc4)c(Cl)cc3[nH]2)cc1C(=O)O. The topological polar surface area (TPSA) is 75.2 Å². The lowest BCUT2D eigenvalue weighted by Gasteiger charge is -2.21. The van der Waals surface area contributed by atoms with Gasteiger partial charge in [-0.2, -0.15) is 4.98 Å². The highest BCUT2D eigenvalue weighted by Crippen LogP contribution is 2.35. The summed E-state index contributed by atoms with van der Waals surface area (Å²) in [5.41, 5.74) is 5.46. The summed E-state index contributed by atoms with van der Waals surface area (Å²) in [7, 11) is 0. The number of carboxylic acid groups (broad SMARTS) is 1. The van der Waals surface area contributed by atoms with Crippen molar-refractivity contribution in [3.8, 4) is 22.9 Å². The maximum absolute atomic E-state index is 11.4. The van der Waals surface area contributed by atoms with Crippen LogP contribution >= 0.6 is 11.6 Å². The number of allylic oxidation sites excluding steroid dienone is 4. The number of ether oxygens (including phenoxy) is 1. The molecule has 5 nitrogen and oxygen atoms in total. The van der Waals surface area contributed by atoms with E-state index < -0.39 is 5.97 Å². The minimum Gasteiger partial charge on any atom is -0.478 e. The number of carbonyl (C=O) groups is 1. The molecule has 0 saturated carbocycles. The third-order valence-corrected chi connectivity index (χ3v) is 6.53. The second-order valence-electron chi connectivity index (χ2n) is 8.55. The van der Waals surface area contributed by atoms with Crippen molar-refractivity contribution in [3.05, 3.63) is 101 Å². The minimum absolute atomic E-state index is 0.191. The van der Waals surface area contributed by atoms with Crippen LogP contribution in [0.4, 0.5) is 0 Å². The van der Waals surface area contributed by atoms with Crippen molar-refractivity contribution in [1.82, 2.24) is 9.97 Å². The predicted octanol–water partition coefficient (Wildman–Crippen LogP) is 7.53. The number of aryl methyl sites for hydroxylation is 1. The zero-order valence-corrected chi connectivity index (χ0v) is 19.5. The average Bonchev–Trinajstić information content (AvgIpc) is 3.21. The van der Waals surface area contributed by atoms with Crippen LogP contribution in [-0.4, -0.2) is 21.0 Å². The Labute approximate surface area is 202 Å². The fourth-order valence-electron chi connectivity index (χ4n) is 4.30. The third-order valence-electron chi connectivity index (χ3n) is 6.22. The summed E-state index contributed by atoms with van der Waals surface area (Å²) in [6, 6.07) is 17.4. The van der Waals surface area contributed by atoms with Gasteiger partial charge < -0.3 is 14.8 Å². The molecule has 34 heavy (non-hydrogen) atoms. The fraction of sp³-hybridized carbons (Fsp3) is 0.143. The predicted molar refractivity (Wildman–Crippen MR) is 135 cm³/mol. The first kappa shape index (κ1) is 22.0. The van der Waals surface area contributed by atoms with E-state index in [9.17, 15) is 9.90 Å². The molecule has 4 aromatic rings. The molecule has 0 radical (unpaired) electrons. The molecule has 0 saturated heterocycles. The molecule has 0 aliphatic heterocycles. The van der Waals surface area contributed by atoms with Crippen LogP contribution in [-0.2, 0) is 0 Å². The van der Waals surface area contributed by atoms with Gasteiger partial charge in [0.15, 0.2) is 0 Å². The van der Waals surface area contributed by atoms with Gasteiger partial charge in [-0.3, -0.25) is 0 Å². The van der Waals surface area contributed by atoms with Gasteiger partial charge in [-0.1, -0.05) is 73.2 Å². The zero-order chi connectivity index (χ0) is 23.8. The van der Waals surface area contributed by atoms with Gasteiger partial charge in [0.2, 0.25) is 0 Å². The second-order valence-corrected chi connectivity index (χ2v) is 8.96. The van der Waals surface area contributed by atoms with E-state index in [1.807, 2.05) is 12.1 Å². The fourth-order valence-corrected chi connectivity index (χ4v) is 4.57. The maximum Gasteiger partial charge on any atom is 0.336 e. The van der Waals surface area contributed by atoms with E-state index in [0.717, 1.165) is 16.6 Å². The molecule has 1 aromatic heterocycles. The first-order chi connectivity index (χ1) is 16.4. The Balaban J connectivity index is 1.42. The van der Waals surface area contributed by atoms with Crippen LogP contribution in [0, 0.1) is 12.8 Å². The van der Waals surface area contributed by atoms with Crippen LogP contribution < -0.4 is 4.74 Å². The Kier molecular flexibility index (Phi) is 5.72. The number of benzene rings is 3. The number of aromatic carboxylic acids is 1. The lowest BCUT2D eigenvalue weighted by atomic mass is 9.84. The number of nitrogens with one attached hydrogen (secondary N) is 1. The number of H-pyrrole nitrogens is 1. The van der Waals surface area contributed by atoms with Gasteiger partial charge in [-0.15, -0.1) is 0 Å². The number of nitrogens with zero attached hydrogens (tertiary/aromatic N) is 1. The first-order valence-corrected chi connectivity index (χ1v) is 11.4. The molecular formula is C28H23ClN2O3. The molecule has 0 bridgehead atoms. The number of carboxylic acids is 1. The summed E-state index contributed by atoms with van der Waals surface area (Å²) in [6.07, 6.45) is 8.65. The Morgan fingerprint density at radius 1 is 1.06 bits per heavy atom. The average molecular weight is 471 g/mol. The van der Waals surface area contributed by atoms with Crippen molar-refractivity contribution in [2.24, 2.45) is 5.92 Å². The Morgan fingerprint density at radius 3 is 2.56 bits per heavy atom. The Hall–Kier alpha value is -3.83. The Morgan fingerprint density at radius 2 is 1.82 bits per heavy atom. The van der Waals surface area contributed by atoms with Gasteiger partial charge in [-0.05, 0) is 53.8 Å². The summed E-state index contributed by atoms with van der Waals surface area (Å²) in [5, 5.41) is 9.95. The van der Waals surface area contributed by atoms with Gasteiger partial charge >= 0.3 is 5.97 Å². The zero-order valence-electron chi connectivity index (χ0n) is 18.7. The standard InChI is InChI=1S/C28H23ClN2O3/c1-16-5-3-4-6-21(16)18-8-10-19(11-9-18)23-14-25-26(15-24(23)29)31-28(30-25)34-20-12-7-17(2)22(13-20)27(32)33/h3-16,21H,1-2H3,(H,30,31)(H,32,33). The van der Waals surface area contributed by atoms with E-state index in [1.165, 1.54) is 11.6 Å². The van der Waals surface area contributed by atoms with E-state index in [0.29, 0.717) is 33.7 Å². The summed E-state index contributed by atoms with van der Waals surface area (Å²) in [4.78, 5) is 19.0. The van der Waals surface area contributed by atoms with Crippen molar-refractivity contribution in [1.29, 1.82) is 0 Å². The number of fused-ring (bicyclic) bond motifs is 1. The molecule has 5 rings (SSSR count). The lowest BCUT2D eigenvalue weighted by molar-refractivity contribution is 0.0695. The largest absolute Gasteiger partial charge is 0.478 e. The first-order valence-electron chi connectivity index (χ1n) is 11.1. The molecule has 2 N–H and O–H groups in total. The highest BCUT2D eigenvalue weighted by Gasteiger charge is 2.17. The number of hydrogen-bond acceptors (Lipinski definition) is 3. The Bertz CT molecular complexity index is 1450. The summed E-state index contributed by atoms with van der Waals surface area (Å²) < 4.78 is 5.80. The molecule has 1 aliphatic carbocycles. The van der Waals surface area contributed by atoms with E-state index in [4.69, 9.17) is 16.3 Å². The number of hydrogen-bond donors (Lipinski definition) is 2. The highest BCUT2D eigenvalue weighted by atomic mass is 35.5. The van der Waals surface area contributed by atoms with Crippen LogP contribution in [0.3, 0.4) is 0 Å². The molecule has 0 amide bonds. The van der Waals surface area contributed by atoms with Gasteiger partial charge in [-0.25, -0.2) is 4.79 Å². The van der Waals surface area contributed by atoms with Crippen molar-refractivity contribution in [3.63, 3.8) is 0 Å². The molecule has 2 unspecified atom stereocenters. The number of halogens is 1. The molecule has 3 aromatic carbocycles. The second kappa shape index (κ2) is 8.84. The molecule has 1 aliphatic rings. The monoisotopic (exact) mass is 470 g/mol. The van der Waals surface area contributed by atoms with Crippen LogP contribution in [0.15, 0.2) is 78.9 Å². The van der Waals surface area contributed by atoms with Crippen molar-refractivity contribution in [2.45, 2.75) is 19.8 Å². The van der Waals surface area contributed by atoms with Crippen molar-refractivity contribution in [2.75, 3.05) is 0 Å². The van der Waals surface area contributed by atoms with Gasteiger partial charge in [0.25, 0.3) is 6.01 Å². The van der Waals surface area contributed by atoms with Crippen LogP contribution in [0.2, 0.25) is 5.02 Å². The van der Waals surface area contributed by atoms with Crippen LogP contribution in [0.25, 0.3) is 22.2 Å². The normalized spacial score (nSPS) is 17.3. The van der Waals surface area contributed by atoms with Crippen molar-refractivity contribution < 1.29 is 14.6 Å². The molecule has 2 atom stereocenters. The third kappa shape index (κ3) is 4.22. The number of rotatable bonds is 5. The molecule has 0 spiro atoms. The smallest absolute Gasteiger partial charge is 0.336 e. The van der Waals surface area contributed by atoms with Gasteiger partial charge in [0, 0.05) is 11.5 Å². The minimum atomic E-state index is -1.000.